The molecule has 0 fully saturated rings. The maximum atomic E-state index is 5.44. The second-order valence-corrected chi connectivity index (χ2v) is 7.81. The summed E-state index contributed by atoms with van der Waals surface area (Å²) in [4.78, 5) is 9.29. The summed E-state index contributed by atoms with van der Waals surface area (Å²) in [5.74, 6) is 2.85. The predicted octanol–water partition coefficient (Wildman–Crippen LogP) is 4.91. The first-order chi connectivity index (χ1) is 13.7. The lowest BCUT2D eigenvalue weighted by Crippen LogP contribution is -1.92. The van der Waals surface area contributed by atoms with Crippen LogP contribution in [-0.4, -0.2) is 31.0 Å². The molecule has 1 aliphatic rings. The molecule has 0 aliphatic carbocycles. The molecule has 3 heterocycles. The molecule has 0 saturated heterocycles. The zero-order valence-electron chi connectivity index (χ0n) is 15.0. The van der Waals surface area contributed by atoms with Gasteiger partial charge in [-0.1, -0.05) is 11.3 Å². The zero-order valence-corrected chi connectivity index (χ0v) is 16.6. The normalized spacial score (nSPS) is 12.4. The Morgan fingerprint density at radius 3 is 2.64 bits per heavy atom. The van der Waals surface area contributed by atoms with Crippen molar-refractivity contribution < 1.29 is 18.9 Å². The summed E-state index contributed by atoms with van der Waals surface area (Å²) in [6, 6.07) is 9.62. The molecule has 1 aliphatic heterocycles. The minimum atomic E-state index is 0.260. The Morgan fingerprint density at radius 1 is 0.964 bits per heavy atom. The number of thiazole rings is 2. The van der Waals surface area contributed by atoms with Crippen LogP contribution in [0.1, 0.15) is 0 Å². The van der Waals surface area contributed by atoms with Crippen molar-refractivity contribution in [3.05, 3.63) is 35.7 Å². The molecule has 0 unspecified atom stereocenters. The number of benzene rings is 2. The van der Waals surface area contributed by atoms with Crippen LogP contribution >= 0.6 is 22.7 Å². The summed E-state index contributed by atoms with van der Waals surface area (Å²) in [5.41, 5.74) is 2.69. The van der Waals surface area contributed by atoms with Crippen molar-refractivity contribution in [2.24, 2.45) is 0 Å². The Labute approximate surface area is 168 Å². The van der Waals surface area contributed by atoms with Crippen molar-refractivity contribution in [3.63, 3.8) is 0 Å². The SMILES string of the molecule is COc1cc2nc(Nc3nc(-c4ccc5c(c4)OCO5)cs3)sc2cc1OC. The van der Waals surface area contributed by atoms with Crippen LogP contribution < -0.4 is 24.3 Å². The Bertz CT molecular complexity index is 1130. The predicted molar refractivity (Wildman–Crippen MR) is 110 cm³/mol. The molecule has 142 valence electrons. The van der Waals surface area contributed by atoms with Crippen LogP contribution in [0.3, 0.4) is 0 Å². The summed E-state index contributed by atoms with van der Waals surface area (Å²) < 4.78 is 22.5. The van der Waals surface area contributed by atoms with E-state index < -0.39 is 0 Å². The Morgan fingerprint density at radius 2 is 1.79 bits per heavy atom. The van der Waals surface area contributed by atoms with E-state index in [1.165, 1.54) is 22.7 Å². The molecule has 0 atom stereocenters. The first-order valence-corrected chi connectivity index (χ1v) is 10.1. The maximum Gasteiger partial charge on any atom is 0.231 e. The minimum Gasteiger partial charge on any atom is -0.493 e. The van der Waals surface area contributed by atoms with Gasteiger partial charge in [-0.3, -0.25) is 0 Å². The number of nitrogens with zero attached hydrogens (tertiary/aromatic N) is 2. The smallest absolute Gasteiger partial charge is 0.231 e. The topological polar surface area (TPSA) is 74.7 Å². The van der Waals surface area contributed by atoms with E-state index in [1.54, 1.807) is 14.2 Å². The van der Waals surface area contributed by atoms with E-state index in [0.29, 0.717) is 11.5 Å². The molecule has 5 rings (SSSR count). The number of anilines is 2. The second kappa shape index (κ2) is 6.84. The quantitative estimate of drug-likeness (QED) is 0.498. The number of nitrogens with one attached hydrogen (secondary N) is 1. The molecular weight excluding hydrogens is 398 g/mol. The number of fused-ring (bicyclic) bond motifs is 2. The largest absolute Gasteiger partial charge is 0.493 e. The fourth-order valence-electron chi connectivity index (χ4n) is 2.92. The second-order valence-electron chi connectivity index (χ2n) is 5.92. The number of methoxy groups -OCH3 is 2. The number of rotatable bonds is 5. The molecule has 0 radical (unpaired) electrons. The van der Waals surface area contributed by atoms with Gasteiger partial charge in [-0.05, 0) is 18.2 Å². The van der Waals surface area contributed by atoms with E-state index in [4.69, 9.17) is 18.9 Å². The Balaban J connectivity index is 1.41. The van der Waals surface area contributed by atoms with Gasteiger partial charge < -0.3 is 24.3 Å². The maximum absolute atomic E-state index is 5.44. The highest BCUT2D eigenvalue weighted by atomic mass is 32.1. The van der Waals surface area contributed by atoms with Crippen molar-refractivity contribution in [2.75, 3.05) is 26.3 Å². The third kappa shape index (κ3) is 2.98. The molecular formula is C19H15N3O4S2. The minimum absolute atomic E-state index is 0.260. The van der Waals surface area contributed by atoms with Gasteiger partial charge in [0, 0.05) is 23.1 Å². The molecule has 28 heavy (non-hydrogen) atoms. The first-order valence-electron chi connectivity index (χ1n) is 8.38. The van der Waals surface area contributed by atoms with Gasteiger partial charge in [0.05, 0.1) is 30.1 Å². The monoisotopic (exact) mass is 413 g/mol. The molecule has 4 aromatic rings. The molecule has 0 spiro atoms. The summed E-state index contributed by atoms with van der Waals surface area (Å²) >= 11 is 3.06. The van der Waals surface area contributed by atoms with Crippen molar-refractivity contribution in [3.8, 4) is 34.3 Å². The highest BCUT2D eigenvalue weighted by Crippen LogP contribution is 2.39. The first kappa shape index (κ1) is 17.1. The van der Waals surface area contributed by atoms with Gasteiger partial charge in [-0.2, -0.15) is 0 Å². The van der Waals surface area contributed by atoms with E-state index in [-0.39, 0.29) is 6.79 Å². The lowest BCUT2D eigenvalue weighted by molar-refractivity contribution is 0.174. The molecule has 1 N–H and O–H groups in total. The third-order valence-corrected chi connectivity index (χ3v) is 5.97. The van der Waals surface area contributed by atoms with Crippen LogP contribution in [0.15, 0.2) is 35.7 Å². The van der Waals surface area contributed by atoms with Crippen LogP contribution in [0, 0.1) is 0 Å². The van der Waals surface area contributed by atoms with E-state index >= 15 is 0 Å². The van der Waals surface area contributed by atoms with E-state index in [0.717, 1.165) is 43.2 Å². The van der Waals surface area contributed by atoms with E-state index in [2.05, 4.69) is 15.3 Å². The Hall–Kier alpha value is -3.04. The average molecular weight is 413 g/mol. The van der Waals surface area contributed by atoms with E-state index in [1.807, 2.05) is 35.7 Å². The number of aromatic nitrogens is 2. The number of ether oxygens (including phenoxy) is 4. The Kier molecular flexibility index (Phi) is 4.18. The van der Waals surface area contributed by atoms with Crippen LogP contribution in [0.4, 0.5) is 10.3 Å². The van der Waals surface area contributed by atoms with Gasteiger partial charge in [0.1, 0.15) is 0 Å². The molecule has 9 heteroatoms. The highest BCUT2D eigenvalue weighted by molar-refractivity contribution is 7.22. The van der Waals surface area contributed by atoms with E-state index in [9.17, 15) is 0 Å². The fraction of sp³-hybridized carbons (Fsp3) is 0.158. The van der Waals surface area contributed by atoms with Crippen molar-refractivity contribution in [2.45, 2.75) is 0 Å². The molecule has 2 aromatic carbocycles. The zero-order chi connectivity index (χ0) is 19.1. The van der Waals surface area contributed by atoms with Gasteiger partial charge in [0.2, 0.25) is 6.79 Å². The van der Waals surface area contributed by atoms with Gasteiger partial charge >= 0.3 is 0 Å². The fourth-order valence-corrected chi connectivity index (χ4v) is 4.58. The van der Waals surface area contributed by atoms with Crippen molar-refractivity contribution in [1.82, 2.24) is 9.97 Å². The standard InChI is InChI=1S/C19H15N3O4S2/c1-23-14-6-11-17(7-15(14)24-2)28-19(20-11)22-18-21-12(8-27-18)10-3-4-13-16(5-10)26-9-25-13/h3-8H,9H2,1-2H3,(H,20,21,22). The van der Waals surface area contributed by atoms with Gasteiger partial charge in [0.15, 0.2) is 33.3 Å². The summed E-state index contributed by atoms with van der Waals surface area (Å²) in [6.07, 6.45) is 0. The average Bonchev–Trinajstić information content (AvgIpc) is 3.45. The highest BCUT2D eigenvalue weighted by Gasteiger charge is 2.16. The van der Waals surface area contributed by atoms with Crippen LogP contribution in [0.25, 0.3) is 21.5 Å². The van der Waals surface area contributed by atoms with Gasteiger partial charge in [0.25, 0.3) is 0 Å². The number of hydrogen-bond donors (Lipinski definition) is 1. The molecule has 2 aromatic heterocycles. The lowest BCUT2D eigenvalue weighted by Gasteiger charge is -2.05. The van der Waals surface area contributed by atoms with Crippen LogP contribution in [-0.2, 0) is 0 Å². The number of hydrogen-bond acceptors (Lipinski definition) is 9. The molecule has 0 bridgehead atoms. The summed E-state index contributed by atoms with van der Waals surface area (Å²) in [7, 11) is 3.24. The summed E-state index contributed by atoms with van der Waals surface area (Å²) in [5, 5.41) is 6.82. The van der Waals surface area contributed by atoms with Gasteiger partial charge in [-0.15, -0.1) is 11.3 Å². The third-order valence-electron chi connectivity index (χ3n) is 4.28. The van der Waals surface area contributed by atoms with Gasteiger partial charge in [-0.25, -0.2) is 9.97 Å². The molecule has 0 amide bonds. The lowest BCUT2D eigenvalue weighted by atomic mass is 10.1. The summed E-state index contributed by atoms with van der Waals surface area (Å²) in [6.45, 7) is 0.260. The molecule has 7 nitrogen and oxygen atoms in total. The molecule has 0 saturated carbocycles. The van der Waals surface area contributed by atoms with Crippen LogP contribution in [0.5, 0.6) is 23.0 Å². The van der Waals surface area contributed by atoms with Crippen LogP contribution in [0.2, 0.25) is 0 Å². The van der Waals surface area contributed by atoms with Crippen molar-refractivity contribution in [1.29, 1.82) is 0 Å². The van der Waals surface area contributed by atoms with Crippen molar-refractivity contribution >= 4 is 43.2 Å².